The van der Waals surface area contributed by atoms with Crippen LogP contribution in [0.4, 0.5) is 10.2 Å². The monoisotopic (exact) mass is 430 g/mol. The van der Waals surface area contributed by atoms with Gasteiger partial charge in [0.25, 0.3) is 0 Å². The van der Waals surface area contributed by atoms with Crippen molar-refractivity contribution in [1.82, 2.24) is 15.3 Å². The predicted octanol–water partition coefficient (Wildman–Crippen LogP) is 3.02. The molecule has 2 aromatic heterocycles. The Labute approximate surface area is 167 Å². The molecule has 0 unspecified atom stereocenters. The molecule has 1 aliphatic rings. The average molecular weight is 431 g/mol. The summed E-state index contributed by atoms with van der Waals surface area (Å²) in [6.07, 6.45) is 1.65. The van der Waals surface area contributed by atoms with Crippen LogP contribution in [0.1, 0.15) is 0 Å². The van der Waals surface area contributed by atoms with Crippen LogP contribution in [0.5, 0.6) is 0 Å². The Morgan fingerprint density at radius 2 is 1.89 bits per heavy atom. The van der Waals surface area contributed by atoms with Crippen molar-refractivity contribution in [2.24, 2.45) is 0 Å². The summed E-state index contributed by atoms with van der Waals surface area (Å²) in [7, 11) is -3.91. The number of piperazine rings is 1. The van der Waals surface area contributed by atoms with Gasteiger partial charge in [-0.1, -0.05) is 11.6 Å². The standard InChI is InChI=1S/C17H16ClFN4O2S.ClH/c18-13-9-11(19)1-2-15(13)26(24,25)16-10-12-14(22-16)3-4-21-17(12)23-7-5-20-6-8-23;/h1-4,9-10,20,22H,5-8H2;1H. The summed E-state index contributed by atoms with van der Waals surface area (Å²) in [5.74, 6) is 0.155. The summed E-state index contributed by atoms with van der Waals surface area (Å²) >= 11 is 5.96. The molecule has 27 heavy (non-hydrogen) atoms. The van der Waals surface area contributed by atoms with Crippen molar-refractivity contribution in [3.05, 3.63) is 47.4 Å². The van der Waals surface area contributed by atoms with Gasteiger partial charge in [-0.3, -0.25) is 0 Å². The van der Waals surface area contributed by atoms with Crippen molar-refractivity contribution in [2.75, 3.05) is 31.1 Å². The van der Waals surface area contributed by atoms with Gasteiger partial charge >= 0.3 is 0 Å². The third-order valence-corrected chi connectivity index (χ3v) is 6.55. The molecular weight excluding hydrogens is 414 g/mol. The van der Waals surface area contributed by atoms with Crippen molar-refractivity contribution in [3.63, 3.8) is 0 Å². The maximum absolute atomic E-state index is 13.3. The van der Waals surface area contributed by atoms with Gasteiger partial charge in [-0.25, -0.2) is 17.8 Å². The molecule has 6 nitrogen and oxygen atoms in total. The van der Waals surface area contributed by atoms with Gasteiger partial charge in [-0.2, -0.15) is 0 Å². The summed E-state index contributed by atoms with van der Waals surface area (Å²) in [6.45, 7) is 3.28. The number of H-pyrrole nitrogens is 1. The molecule has 0 amide bonds. The van der Waals surface area contributed by atoms with Crippen molar-refractivity contribution >= 4 is 50.6 Å². The third kappa shape index (κ3) is 3.62. The largest absolute Gasteiger partial charge is 0.354 e. The van der Waals surface area contributed by atoms with Crippen molar-refractivity contribution in [2.45, 2.75) is 9.92 Å². The predicted molar refractivity (Wildman–Crippen MR) is 105 cm³/mol. The first-order valence-corrected chi connectivity index (χ1v) is 9.96. The van der Waals surface area contributed by atoms with Gasteiger partial charge in [0.05, 0.1) is 15.4 Å². The fourth-order valence-corrected chi connectivity index (χ4v) is 4.89. The molecule has 0 atom stereocenters. The molecule has 2 N–H and O–H groups in total. The van der Waals surface area contributed by atoms with E-state index in [9.17, 15) is 12.8 Å². The fourth-order valence-electron chi connectivity index (χ4n) is 3.10. The molecule has 10 heteroatoms. The first-order chi connectivity index (χ1) is 12.5. The van der Waals surface area contributed by atoms with Crippen LogP contribution < -0.4 is 10.2 Å². The first-order valence-electron chi connectivity index (χ1n) is 8.10. The van der Waals surface area contributed by atoms with Crippen LogP contribution in [-0.4, -0.2) is 44.6 Å². The molecule has 4 rings (SSSR count). The fraction of sp³-hybridized carbons (Fsp3) is 0.235. The summed E-state index contributed by atoms with van der Waals surface area (Å²) in [6, 6.07) is 6.54. The van der Waals surface area contributed by atoms with Gasteiger partial charge in [-0.05, 0) is 30.3 Å². The molecule has 0 aliphatic carbocycles. The van der Waals surface area contributed by atoms with Crippen molar-refractivity contribution in [3.8, 4) is 0 Å². The Morgan fingerprint density at radius 1 is 1.15 bits per heavy atom. The number of anilines is 1. The van der Waals surface area contributed by atoms with Crippen molar-refractivity contribution < 1.29 is 12.8 Å². The van der Waals surface area contributed by atoms with E-state index in [0.717, 1.165) is 49.5 Å². The number of rotatable bonds is 3. The minimum absolute atomic E-state index is 0. The Balaban J connectivity index is 0.00000210. The minimum atomic E-state index is -3.91. The van der Waals surface area contributed by atoms with Gasteiger partial charge in [0.1, 0.15) is 16.7 Å². The number of benzene rings is 1. The lowest BCUT2D eigenvalue weighted by atomic mass is 10.2. The lowest BCUT2D eigenvalue weighted by Crippen LogP contribution is -2.43. The summed E-state index contributed by atoms with van der Waals surface area (Å²) < 4.78 is 39.1. The molecule has 0 spiro atoms. The maximum Gasteiger partial charge on any atom is 0.223 e. The number of hydrogen-bond donors (Lipinski definition) is 2. The molecule has 3 heterocycles. The van der Waals surface area contributed by atoms with Crippen LogP contribution >= 0.6 is 24.0 Å². The number of aromatic nitrogens is 2. The molecule has 1 fully saturated rings. The van der Waals surface area contributed by atoms with E-state index in [0.29, 0.717) is 5.52 Å². The van der Waals surface area contributed by atoms with E-state index in [4.69, 9.17) is 11.6 Å². The quantitative estimate of drug-likeness (QED) is 0.624. The molecule has 1 aromatic carbocycles. The molecule has 0 saturated carbocycles. The van der Waals surface area contributed by atoms with Crippen LogP contribution in [0.15, 0.2) is 46.5 Å². The number of halogens is 3. The highest BCUT2D eigenvalue weighted by Crippen LogP contribution is 2.32. The van der Waals surface area contributed by atoms with E-state index in [1.54, 1.807) is 18.3 Å². The van der Waals surface area contributed by atoms with Gasteiger partial charge in [0.15, 0.2) is 0 Å². The Bertz CT molecular complexity index is 1080. The van der Waals surface area contributed by atoms with Gasteiger partial charge in [-0.15, -0.1) is 12.4 Å². The zero-order valence-electron chi connectivity index (χ0n) is 14.1. The van der Waals surface area contributed by atoms with Crippen LogP contribution in [0.3, 0.4) is 0 Å². The second kappa shape index (κ2) is 7.63. The highest BCUT2D eigenvalue weighted by Gasteiger charge is 2.25. The molecule has 0 bridgehead atoms. The second-order valence-corrected chi connectivity index (χ2v) is 8.34. The van der Waals surface area contributed by atoms with E-state index >= 15 is 0 Å². The normalized spacial score (nSPS) is 15.0. The molecule has 0 radical (unpaired) electrons. The highest BCUT2D eigenvalue weighted by atomic mass is 35.5. The van der Waals surface area contributed by atoms with Crippen LogP contribution in [0.25, 0.3) is 10.9 Å². The maximum atomic E-state index is 13.3. The number of fused-ring (bicyclic) bond motifs is 1. The van der Waals surface area contributed by atoms with Crippen molar-refractivity contribution in [1.29, 1.82) is 0 Å². The van der Waals surface area contributed by atoms with Gasteiger partial charge < -0.3 is 15.2 Å². The summed E-state index contributed by atoms with van der Waals surface area (Å²) in [4.78, 5) is 9.35. The molecule has 1 saturated heterocycles. The molecule has 1 aliphatic heterocycles. The third-order valence-electron chi connectivity index (χ3n) is 4.39. The zero-order chi connectivity index (χ0) is 18.3. The van der Waals surface area contributed by atoms with Crippen LogP contribution in [-0.2, 0) is 9.84 Å². The van der Waals surface area contributed by atoms with E-state index in [2.05, 4.69) is 20.2 Å². The number of sulfone groups is 1. The number of nitrogens with one attached hydrogen (secondary N) is 2. The number of aromatic amines is 1. The van der Waals surface area contributed by atoms with E-state index in [1.807, 2.05) is 0 Å². The SMILES string of the molecule is Cl.O=S(=O)(c1cc2c(N3CCNCC3)nccc2[nH]1)c1ccc(F)cc1Cl. The van der Waals surface area contributed by atoms with Crippen LogP contribution in [0, 0.1) is 5.82 Å². The zero-order valence-corrected chi connectivity index (χ0v) is 16.5. The first kappa shape index (κ1) is 19.9. The summed E-state index contributed by atoms with van der Waals surface area (Å²) in [5.41, 5.74) is 0.672. The summed E-state index contributed by atoms with van der Waals surface area (Å²) in [5, 5.41) is 3.86. The Kier molecular flexibility index (Phi) is 5.62. The highest BCUT2D eigenvalue weighted by molar-refractivity contribution is 7.91. The molecule has 3 aromatic rings. The molecule has 144 valence electrons. The van der Waals surface area contributed by atoms with E-state index in [-0.39, 0.29) is 27.4 Å². The minimum Gasteiger partial charge on any atom is -0.354 e. The number of pyridine rings is 1. The topological polar surface area (TPSA) is 78.1 Å². The average Bonchev–Trinajstić information content (AvgIpc) is 3.07. The Hall–Kier alpha value is -1.87. The second-order valence-electron chi connectivity index (χ2n) is 6.04. The van der Waals surface area contributed by atoms with E-state index in [1.165, 1.54) is 6.07 Å². The van der Waals surface area contributed by atoms with Crippen LogP contribution in [0.2, 0.25) is 5.02 Å². The molecular formula is C17H17Cl2FN4O2S. The smallest absolute Gasteiger partial charge is 0.223 e. The Morgan fingerprint density at radius 3 is 2.59 bits per heavy atom. The van der Waals surface area contributed by atoms with Gasteiger partial charge in [0, 0.05) is 37.8 Å². The van der Waals surface area contributed by atoms with Gasteiger partial charge in [0.2, 0.25) is 9.84 Å². The number of hydrogen-bond acceptors (Lipinski definition) is 5. The number of nitrogens with zero attached hydrogens (tertiary/aromatic N) is 2. The van der Waals surface area contributed by atoms with E-state index < -0.39 is 15.7 Å². The lowest BCUT2D eigenvalue weighted by Gasteiger charge is -2.28. The lowest BCUT2D eigenvalue weighted by molar-refractivity contribution is 0.586.